The highest BCUT2D eigenvalue weighted by molar-refractivity contribution is 5.80. The zero-order valence-electron chi connectivity index (χ0n) is 11.5. The van der Waals surface area contributed by atoms with Crippen LogP contribution in [0.3, 0.4) is 0 Å². The van der Waals surface area contributed by atoms with E-state index in [1.165, 1.54) is 7.11 Å². The van der Waals surface area contributed by atoms with Crippen molar-refractivity contribution in [1.29, 1.82) is 0 Å². The van der Waals surface area contributed by atoms with Gasteiger partial charge in [0.15, 0.2) is 0 Å². The van der Waals surface area contributed by atoms with Crippen LogP contribution in [-0.4, -0.2) is 32.3 Å². The number of ether oxygens (including phenoxy) is 2. The molecule has 4 heteroatoms. The molecule has 0 unspecified atom stereocenters. The van der Waals surface area contributed by atoms with E-state index < -0.39 is 6.10 Å². The Morgan fingerprint density at radius 1 is 1.37 bits per heavy atom. The third-order valence-electron chi connectivity index (χ3n) is 3.61. The third-order valence-corrected chi connectivity index (χ3v) is 3.61. The molecule has 0 radical (unpaired) electrons. The van der Waals surface area contributed by atoms with Crippen LogP contribution in [0.5, 0.6) is 5.75 Å². The molecule has 2 rings (SSSR count). The Morgan fingerprint density at radius 2 is 2.05 bits per heavy atom. The monoisotopic (exact) mass is 263 g/mol. The Kier molecular flexibility index (Phi) is 4.43. The lowest BCUT2D eigenvalue weighted by Crippen LogP contribution is -2.39. The standard InChI is InChI=1S/C15H21NO3/c1-12(18-2)14(17)16-10-15(8-9-15)11-19-13-6-4-3-5-7-13/h3-7,12H,8-11H2,1-2H3,(H,16,17)/t12-/m1/s1. The first-order valence-electron chi connectivity index (χ1n) is 6.64. The summed E-state index contributed by atoms with van der Waals surface area (Å²) < 4.78 is 10.8. The Balaban J connectivity index is 1.76. The van der Waals surface area contributed by atoms with E-state index in [0.29, 0.717) is 13.2 Å². The zero-order valence-corrected chi connectivity index (χ0v) is 11.5. The predicted molar refractivity (Wildman–Crippen MR) is 73.1 cm³/mol. The van der Waals surface area contributed by atoms with Gasteiger partial charge in [-0.05, 0) is 31.9 Å². The first kappa shape index (κ1) is 13.9. The number of hydrogen-bond acceptors (Lipinski definition) is 3. The fourth-order valence-corrected chi connectivity index (χ4v) is 1.83. The molecule has 1 fully saturated rings. The summed E-state index contributed by atoms with van der Waals surface area (Å²) in [6, 6.07) is 9.77. The van der Waals surface area contributed by atoms with Gasteiger partial charge in [0.05, 0.1) is 6.61 Å². The SMILES string of the molecule is CO[C@H](C)C(=O)NCC1(COc2ccccc2)CC1. The van der Waals surface area contributed by atoms with Crippen molar-refractivity contribution < 1.29 is 14.3 Å². The molecule has 0 bridgehead atoms. The number of para-hydroxylation sites is 1. The second kappa shape index (κ2) is 6.06. The highest BCUT2D eigenvalue weighted by Gasteiger charge is 2.43. The Bertz CT molecular complexity index is 415. The van der Waals surface area contributed by atoms with Gasteiger partial charge in [-0.25, -0.2) is 0 Å². The summed E-state index contributed by atoms with van der Waals surface area (Å²) in [6.45, 7) is 3.06. The number of carbonyl (C=O) groups is 1. The van der Waals surface area contributed by atoms with Gasteiger partial charge in [0.2, 0.25) is 5.91 Å². The van der Waals surface area contributed by atoms with E-state index in [9.17, 15) is 4.79 Å². The summed E-state index contributed by atoms with van der Waals surface area (Å²) in [5, 5.41) is 2.93. The molecule has 4 nitrogen and oxygen atoms in total. The van der Waals surface area contributed by atoms with E-state index >= 15 is 0 Å². The topological polar surface area (TPSA) is 47.6 Å². The average molecular weight is 263 g/mol. The predicted octanol–water partition coefficient (Wildman–Crippen LogP) is 2.00. The molecule has 1 N–H and O–H groups in total. The van der Waals surface area contributed by atoms with Gasteiger partial charge in [0, 0.05) is 19.1 Å². The first-order chi connectivity index (χ1) is 9.15. The van der Waals surface area contributed by atoms with Crippen molar-refractivity contribution in [3.63, 3.8) is 0 Å². The van der Waals surface area contributed by atoms with Crippen molar-refractivity contribution in [2.75, 3.05) is 20.3 Å². The van der Waals surface area contributed by atoms with Crippen LogP contribution in [0.25, 0.3) is 0 Å². The average Bonchev–Trinajstić information content (AvgIpc) is 3.23. The van der Waals surface area contributed by atoms with Gasteiger partial charge in [-0.2, -0.15) is 0 Å². The van der Waals surface area contributed by atoms with Gasteiger partial charge < -0.3 is 14.8 Å². The quantitative estimate of drug-likeness (QED) is 0.818. The number of rotatable bonds is 7. The van der Waals surface area contributed by atoms with Crippen LogP contribution in [0.15, 0.2) is 30.3 Å². The lowest BCUT2D eigenvalue weighted by atomic mass is 10.1. The summed E-state index contributed by atoms with van der Waals surface area (Å²) >= 11 is 0. The lowest BCUT2D eigenvalue weighted by Gasteiger charge is -2.18. The number of methoxy groups -OCH3 is 1. The maximum atomic E-state index is 11.6. The van der Waals surface area contributed by atoms with E-state index in [4.69, 9.17) is 9.47 Å². The van der Waals surface area contributed by atoms with Crippen molar-refractivity contribution in [2.24, 2.45) is 5.41 Å². The minimum absolute atomic E-state index is 0.0616. The lowest BCUT2D eigenvalue weighted by molar-refractivity contribution is -0.130. The summed E-state index contributed by atoms with van der Waals surface area (Å²) in [5.41, 5.74) is 0.110. The van der Waals surface area contributed by atoms with Crippen molar-refractivity contribution >= 4 is 5.91 Å². The number of nitrogens with one attached hydrogen (secondary N) is 1. The Morgan fingerprint density at radius 3 is 2.63 bits per heavy atom. The minimum Gasteiger partial charge on any atom is -0.493 e. The van der Waals surface area contributed by atoms with Gasteiger partial charge in [0.25, 0.3) is 0 Å². The molecule has 0 heterocycles. The molecule has 0 saturated heterocycles. The van der Waals surface area contributed by atoms with Gasteiger partial charge in [-0.3, -0.25) is 4.79 Å². The molecule has 0 spiro atoms. The molecule has 1 atom stereocenters. The summed E-state index contributed by atoms with van der Waals surface area (Å²) in [4.78, 5) is 11.6. The van der Waals surface area contributed by atoms with Gasteiger partial charge in [-0.15, -0.1) is 0 Å². The molecule has 0 aromatic heterocycles. The van der Waals surface area contributed by atoms with Crippen molar-refractivity contribution in [3.05, 3.63) is 30.3 Å². The van der Waals surface area contributed by atoms with Crippen LogP contribution in [0, 0.1) is 5.41 Å². The van der Waals surface area contributed by atoms with Crippen molar-refractivity contribution in [2.45, 2.75) is 25.9 Å². The van der Waals surface area contributed by atoms with Gasteiger partial charge in [0.1, 0.15) is 11.9 Å². The third kappa shape index (κ3) is 3.96. The molecular weight excluding hydrogens is 242 g/mol. The van der Waals surface area contributed by atoms with Crippen LogP contribution >= 0.6 is 0 Å². The second-order valence-corrected chi connectivity index (χ2v) is 5.20. The maximum absolute atomic E-state index is 11.6. The molecule has 1 amide bonds. The minimum atomic E-state index is -0.397. The van der Waals surface area contributed by atoms with Crippen LogP contribution < -0.4 is 10.1 Å². The van der Waals surface area contributed by atoms with Gasteiger partial charge in [-0.1, -0.05) is 18.2 Å². The number of carbonyl (C=O) groups excluding carboxylic acids is 1. The summed E-state index contributed by atoms with van der Waals surface area (Å²) in [7, 11) is 1.54. The molecule has 104 valence electrons. The second-order valence-electron chi connectivity index (χ2n) is 5.20. The number of amides is 1. The zero-order chi connectivity index (χ0) is 13.7. The molecule has 1 aliphatic carbocycles. The molecule has 1 aromatic carbocycles. The first-order valence-corrected chi connectivity index (χ1v) is 6.64. The van der Waals surface area contributed by atoms with E-state index in [1.807, 2.05) is 30.3 Å². The summed E-state index contributed by atoms with van der Waals surface area (Å²) in [6.07, 6.45) is 1.80. The highest BCUT2D eigenvalue weighted by Crippen LogP contribution is 2.45. The van der Waals surface area contributed by atoms with E-state index in [2.05, 4.69) is 5.32 Å². The fourth-order valence-electron chi connectivity index (χ4n) is 1.83. The summed E-state index contributed by atoms with van der Waals surface area (Å²) in [5.74, 6) is 0.818. The van der Waals surface area contributed by atoms with E-state index in [1.54, 1.807) is 6.92 Å². The molecular formula is C15H21NO3. The largest absolute Gasteiger partial charge is 0.493 e. The van der Waals surface area contributed by atoms with Crippen LogP contribution in [-0.2, 0) is 9.53 Å². The fraction of sp³-hybridized carbons (Fsp3) is 0.533. The van der Waals surface area contributed by atoms with E-state index in [0.717, 1.165) is 18.6 Å². The molecule has 1 aliphatic rings. The Labute approximate surface area is 114 Å². The molecule has 1 aromatic rings. The molecule has 19 heavy (non-hydrogen) atoms. The van der Waals surface area contributed by atoms with Crippen molar-refractivity contribution in [1.82, 2.24) is 5.32 Å². The number of benzene rings is 1. The normalized spacial score (nSPS) is 17.6. The van der Waals surface area contributed by atoms with E-state index in [-0.39, 0.29) is 11.3 Å². The van der Waals surface area contributed by atoms with Gasteiger partial charge >= 0.3 is 0 Å². The number of hydrogen-bond donors (Lipinski definition) is 1. The highest BCUT2D eigenvalue weighted by atomic mass is 16.5. The maximum Gasteiger partial charge on any atom is 0.248 e. The van der Waals surface area contributed by atoms with Crippen molar-refractivity contribution in [3.8, 4) is 5.75 Å². The smallest absolute Gasteiger partial charge is 0.248 e. The molecule has 0 aliphatic heterocycles. The van der Waals surface area contributed by atoms with Crippen LogP contribution in [0.4, 0.5) is 0 Å². The van der Waals surface area contributed by atoms with Crippen LogP contribution in [0.1, 0.15) is 19.8 Å². The van der Waals surface area contributed by atoms with Crippen LogP contribution in [0.2, 0.25) is 0 Å². The molecule has 1 saturated carbocycles. The Hall–Kier alpha value is -1.55.